The summed E-state index contributed by atoms with van der Waals surface area (Å²) >= 11 is 0. The normalized spacial score (nSPS) is 33.2. The lowest BCUT2D eigenvalue weighted by molar-refractivity contribution is -0.137. The smallest absolute Gasteiger partial charge is 0.327 e. The summed E-state index contributed by atoms with van der Waals surface area (Å²) in [5.74, 6) is 0.433. The third-order valence-electron chi connectivity index (χ3n) is 10.3. The molecular formula is C30H42ClFN4O3. The number of imide groups is 1. The van der Waals surface area contributed by atoms with Gasteiger partial charge in [0.05, 0.1) is 0 Å². The monoisotopic (exact) mass is 560 g/mol. The van der Waals surface area contributed by atoms with E-state index in [9.17, 15) is 18.8 Å². The number of nitrogens with zero attached hydrogens (tertiary/aromatic N) is 4. The van der Waals surface area contributed by atoms with E-state index in [0.29, 0.717) is 25.9 Å². The first-order chi connectivity index (χ1) is 18.2. The molecule has 0 radical (unpaired) electrons. The standard InChI is InChI=1S/C30H41FN4O3.ClH/c1-19(2)35-29(38)32(3)28(37)30(35)14-24-11-12-25(15-30)34(24)17-22-16-33(27(36)20-7-4-5-8-20)18-26(22)21-9-6-10-23(31)13-21;/h6,9-10,13,19-20,22,24-26H,4-5,7-8,11-12,14-18H2,1-3H3;1H/t22-,24?,25?,26-,30?;/m1./s1. The Kier molecular flexibility index (Phi) is 7.74. The van der Waals surface area contributed by atoms with Crippen LogP contribution in [0.3, 0.4) is 0 Å². The molecule has 0 N–H and O–H groups in total. The predicted molar refractivity (Wildman–Crippen MR) is 149 cm³/mol. The van der Waals surface area contributed by atoms with Crippen LogP contribution >= 0.6 is 12.4 Å². The number of benzene rings is 1. The minimum atomic E-state index is -0.746. The fraction of sp³-hybridized carbons (Fsp3) is 0.700. The third kappa shape index (κ3) is 4.65. The lowest BCUT2D eigenvalue weighted by Crippen LogP contribution is -2.62. The molecule has 9 heteroatoms. The van der Waals surface area contributed by atoms with Crippen molar-refractivity contribution in [2.45, 2.75) is 94.8 Å². The van der Waals surface area contributed by atoms with E-state index in [-0.39, 0.29) is 71.9 Å². The van der Waals surface area contributed by atoms with Crippen molar-refractivity contribution in [1.29, 1.82) is 0 Å². The number of piperidine rings is 1. The molecule has 4 amide bonds. The average molecular weight is 561 g/mol. The fourth-order valence-electron chi connectivity index (χ4n) is 8.60. The summed E-state index contributed by atoms with van der Waals surface area (Å²) in [6, 6.07) is 7.14. The average Bonchev–Trinajstić information content (AvgIpc) is 3.64. The van der Waals surface area contributed by atoms with Crippen LogP contribution < -0.4 is 0 Å². The Bertz CT molecular complexity index is 1110. The zero-order valence-corrected chi connectivity index (χ0v) is 24.2. The van der Waals surface area contributed by atoms with Gasteiger partial charge in [0.2, 0.25) is 5.91 Å². The summed E-state index contributed by atoms with van der Waals surface area (Å²) in [5, 5.41) is 0. The van der Waals surface area contributed by atoms with Gasteiger partial charge >= 0.3 is 6.03 Å². The van der Waals surface area contributed by atoms with Gasteiger partial charge in [0, 0.05) is 56.6 Å². The molecular weight excluding hydrogens is 519 g/mol. The van der Waals surface area contributed by atoms with Crippen molar-refractivity contribution in [2.75, 3.05) is 26.7 Å². The summed E-state index contributed by atoms with van der Waals surface area (Å²) in [5.41, 5.74) is 0.228. The summed E-state index contributed by atoms with van der Waals surface area (Å²) in [6.45, 7) is 6.18. The SMILES string of the molecule is CC(C)N1C(=O)N(C)C(=O)C12CC1CCC(C2)N1C[C@H]1CN(C(=O)C2CCCC2)C[C@@H]1c1cccc(F)c1.Cl. The number of rotatable bonds is 5. The number of amides is 4. The van der Waals surface area contributed by atoms with Gasteiger partial charge in [0.1, 0.15) is 11.4 Å². The Hall–Kier alpha value is -2.19. The summed E-state index contributed by atoms with van der Waals surface area (Å²) < 4.78 is 14.3. The summed E-state index contributed by atoms with van der Waals surface area (Å²) in [6.07, 6.45) is 7.59. The number of hydrogen-bond acceptors (Lipinski definition) is 4. The number of carbonyl (C=O) groups excluding carboxylic acids is 3. The van der Waals surface area contributed by atoms with E-state index >= 15 is 0 Å². The highest BCUT2D eigenvalue weighted by Gasteiger charge is 2.62. The van der Waals surface area contributed by atoms with Crippen molar-refractivity contribution < 1.29 is 18.8 Å². The number of fused-ring (bicyclic) bond motifs is 2. The van der Waals surface area contributed by atoms with Gasteiger partial charge in [-0.15, -0.1) is 12.4 Å². The van der Waals surface area contributed by atoms with E-state index in [1.54, 1.807) is 19.2 Å². The highest BCUT2D eigenvalue weighted by molar-refractivity contribution is 6.07. The van der Waals surface area contributed by atoms with Gasteiger partial charge in [-0.3, -0.25) is 19.4 Å². The lowest BCUT2D eigenvalue weighted by atomic mass is 9.79. The Labute approximate surface area is 237 Å². The number of likely N-dealkylation sites (tertiary alicyclic amines) is 1. The third-order valence-corrected chi connectivity index (χ3v) is 10.3. The van der Waals surface area contributed by atoms with E-state index in [4.69, 9.17) is 0 Å². The molecule has 4 saturated heterocycles. The zero-order chi connectivity index (χ0) is 26.8. The van der Waals surface area contributed by atoms with Gasteiger partial charge in [-0.2, -0.15) is 0 Å². The highest BCUT2D eigenvalue weighted by Crippen LogP contribution is 2.49. The topological polar surface area (TPSA) is 64.2 Å². The second-order valence-corrected chi connectivity index (χ2v) is 12.8. The van der Waals surface area contributed by atoms with Crippen molar-refractivity contribution in [3.63, 3.8) is 0 Å². The molecule has 1 aliphatic carbocycles. The van der Waals surface area contributed by atoms with Gasteiger partial charge in [-0.05, 0) is 76.0 Å². The van der Waals surface area contributed by atoms with E-state index in [1.165, 1.54) is 11.0 Å². The summed E-state index contributed by atoms with van der Waals surface area (Å²) in [4.78, 5) is 47.6. The van der Waals surface area contributed by atoms with Crippen molar-refractivity contribution in [2.24, 2.45) is 11.8 Å². The second-order valence-electron chi connectivity index (χ2n) is 12.8. The Balaban J connectivity index is 0.00000308. The number of carbonyl (C=O) groups is 3. The minimum Gasteiger partial charge on any atom is -0.341 e. The van der Waals surface area contributed by atoms with E-state index < -0.39 is 5.54 Å². The Morgan fingerprint density at radius 1 is 1.05 bits per heavy atom. The van der Waals surface area contributed by atoms with Gasteiger partial charge in [0.25, 0.3) is 5.91 Å². The molecule has 4 heterocycles. The first kappa shape index (κ1) is 28.3. The van der Waals surface area contributed by atoms with Crippen LogP contribution in [0.2, 0.25) is 0 Å². The number of likely N-dealkylation sites (N-methyl/N-ethyl adjacent to an activating group) is 1. The van der Waals surface area contributed by atoms with Gasteiger partial charge in [-0.1, -0.05) is 25.0 Å². The Morgan fingerprint density at radius 2 is 1.72 bits per heavy atom. The van der Waals surface area contributed by atoms with Crippen LogP contribution in [0.1, 0.15) is 76.7 Å². The van der Waals surface area contributed by atoms with E-state index in [2.05, 4.69) is 9.80 Å². The van der Waals surface area contributed by atoms with Crippen LogP contribution in [0.4, 0.5) is 9.18 Å². The Morgan fingerprint density at radius 3 is 2.33 bits per heavy atom. The number of halogens is 2. The van der Waals surface area contributed by atoms with Crippen molar-refractivity contribution in [1.82, 2.24) is 19.6 Å². The van der Waals surface area contributed by atoms with Crippen molar-refractivity contribution in [3.8, 4) is 0 Å². The van der Waals surface area contributed by atoms with Gasteiger partial charge < -0.3 is 9.80 Å². The highest BCUT2D eigenvalue weighted by atomic mass is 35.5. The van der Waals surface area contributed by atoms with Gasteiger partial charge in [0.15, 0.2) is 0 Å². The molecule has 0 aromatic heterocycles. The molecule has 5 fully saturated rings. The summed E-state index contributed by atoms with van der Waals surface area (Å²) in [7, 11) is 1.61. The largest absolute Gasteiger partial charge is 0.341 e. The fourth-order valence-corrected chi connectivity index (χ4v) is 8.60. The van der Waals surface area contributed by atoms with Crippen LogP contribution in [-0.2, 0) is 9.59 Å². The molecule has 39 heavy (non-hydrogen) atoms. The molecule has 214 valence electrons. The van der Waals surface area contributed by atoms with Crippen LogP contribution in [-0.4, -0.2) is 87.8 Å². The predicted octanol–water partition coefficient (Wildman–Crippen LogP) is 4.65. The molecule has 1 aromatic carbocycles. The van der Waals surface area contributed by atoms with Crippen molar-refractivity contribution in [3.05, 3.63) is 35.6 Å². The van der Waals surface area contributed by atoms with Crippen molar-refractivity contribution >= 4 is 30.3 Å². The molecule has 4 atom stereocenters. The van der Waals surface area contributed by atoms with E-state index in [1.807, 2.05) is 24.8 Å². The molecule has 6 rings (SSSR count). The van der Waals surface area contributed by atoms with Crippen LogP contribution in [0.25, 0.3) is 0 Å². The maximum absolute atomic E-state index is 14.3. The van der Waals surface area contributed by atoms with Gasteiger partial charge in [-0.25, -0.2) is 9.18 Å². The second kappa shape index (κ2) is 10.7. The lowest BCUT2D eigenvalue weighted by Gasteiger charge is -2.48. The molecule has 5 aliphatic rings. The molecule has 2 bridgehead atoms. The first-order valence-electron chi connectivity index (χ1n) is 14.6. The van der Waals surface area contributed by atoms with Crippen LogP contribution in [0.15, 0.2) is 24.3 Å². The molecule has 2 unspecified atom stereocenters. The maximum Gasteiger partial charge on any atom is 0.327 e. The molecule has 7 nitrogen and oxygen atoms in total. The van der Waals surface area contributed by atoms with E-state index in [0.717, 1.165) is 50.6 Å². The molecule has 1 spiro atoms. The number of hydrogen-bond donors (Lipinski definition) is 0. The maximum atomic E-state index is 14.3. The van der Waals surface area contributed by atoms with Crippen LogP contribution in [0, 0.1) is 17.7 Å². The molecule has 1 saturated carbocycles. The molecule has 4 aliphatic heterocycles. The van der Waals surface area contributed by atoms with Crippen LogP contribution in [0.5, 0.6) is 0 Å². The molecule has 1 aromatic rings. The first-order valence-corrected chi connectivity index (χ1v) is 14.6. The quantitative estimate of drug-likeness (QED) is 0.492. The number of urea groups is 1. The minimum absolute atomic E-state index is 0. The zero-order valence-electron chi connectivity index (χ0n) is 23.4.